The zero-order chi connectivity index (χ0) is 15.5. The summed E-state index contributed by atoms with van der Waals surface area (Å²) < 4.78 is 18.5. The van der Waals surface area contributed by atoms with Crippen LogP contribution in [0.3, 0.4) is 0 Å². The Bertz CT molecular complexity index is 642. The van der Waals surface area contributed by atoms with Crippen molar-refractivity contribution in [2.24, 2.45) is 0 Å². The summed E-state index contributed by atoms with van der Waals surface area (Å²) >= 11 is 0. The van der Waals surface area contributed by atoms with Crippen LogP contribution in [0.1, 0.15) is 18.1 Å². The second-order valence-corrected chi connectivity index (χ2v) is 5.78. The van der Waals surface area contributed by atoms with E-state index >= 15 is 0 Å². The van der Waals surface area contributed by atoms with Gasteiger partial charge in [0.15, 0.2) is 0 Å². The van der Waals surface area contributed by atoms with Gasteiger partial charge in [-0.3, -0.25) is 0 Å². The molecule has 0 saturated carbocycles. The molecule has 0 amide bonds. The van der Waals surface area contributed by atoms with E-state index in [9.17, 15) is 4.39 Å². The smallest absolute Gasteiger partial charge is 0.123 e. The lowest BCUT2D eigenvalue weighted by molar-refractivity contribution is 0.414. The lowest BCUT2D eigenvalue weighted by Crippen LogP contribution is -2.35. The quantitative estimate of drug-likeness (QED) is 0.941. The van der Waals surface area contributed by atoms with Crippen LogP contribution in [-0.2, 0) is 13.1 Å². The molecular formula is C18H21FN2O. The minimum absolute atomic E-state index is 0.197. The number of hydrogen-bond donors (Lipinski definition) is 1. The minimum atomic E-state index is -0.197. The zero-order valence-electron chi connectivity index (χ0n) is 13.0. The fraction of sp³-hybridized carbons (Fsp3) is 0.333. The summed E-state index contributed by atoms with van der Waals surface area (Å²) in [5.74, 6) is 0.661. The topological polar surface area (TPSA) is 24.5 Å². The van der Waals surface area contributed by atoms with Gasteiger partial charge >= 0.3 is 0 Å². The van der Waals surface area contributed by atoms with Crippen LogP contribution >= 0.6 is 0 Å². The van der Waals surface area contributed by atoms with Crippen molar-refractivity contribution >= 4 is 5.69 Å². The first-order valence-corrected chi connectivity index (χ1v) is 7.55. The van der Waals surface area contributed by atoms with Gasteiger partial charge in [0.05, 0.1) is 7.11 Å². The average Bonchev–Trinajstić information content (AvgIpc) is 2.68. The number of anilines is 1. The molecule has 2 aromatic rings. The van der Waals surface area contributed by atoms with Crippen molar-refractivity contribution < 1.29 is 9.13 Å². The van der Waals surface area contributed by atoms with Gasteiger partial charge in [-0.15, -0.1) is 0 Å². The highest BCUT2D eigenvalue weighted by atomic mass is 19.1. The van der Waals surface area contributed by atoms with Crippen molar-refractivity contribution in [3.63, 3.8) is 0 Å². The molecule has 1 N–H and O–H groups in total. The van der Waals surface area contributed by atoms with E-state index in [1.54, 1.807) is 7.11 Å². The number of methoxy groups -OCH3 is 1. The van der Waals surface area contributed by atoms with Gasteiger partial charge in [0.1, 0.15) is 11.6 Å². The van der Waals surface area contributed by atoms with Crippen LogP contribution in [0.2, 0.25) is 0 Å². The van der Waals surface area contributed by atoms with Crippen LogP contribution in [0.4, 0.5) is 10.1 Å². The van der Waals surface area contributed by atoms with Gasteiger partial charge in [-0.2, -0.15) is 0 Å². The Morgan fingerprint density at radius 3 is 2.73 bits per heavy atom. The monoisotopic (exact) mass is 300 g/mol. The summed E-state index contributed by atoms with van der Waals surface area (Å²) in [4.78, 5) is 2.33. The van der Waals surface area contributed by atoms with E-state index in [0.717, 1.165) is 30.9 Å². The van der Waals surface area contributed by atoms with Crippen LogP contribution in [0.15, 0.2) is 42.5 Å². The maximum Gasteiger partial charge on any atom is 0.123 e. The van der Waals surface area contributed by atoms with Crippen molar-refractivity contribution in [2.75, 3.05) is 18.6 Å². The molecule has 116 valence electrons. The molecule has 3 nitrogen and oxygen atoms in total. The number of ether oxygens (including phenoxy) is 1. The minimum Gasteiger partial charge on any atom is -0.497 e. The van der Waals surface area contributed by atoms with E-state index in [1.807, 2.05) is 18.2 Å². The molecule has 1 unspecified atom stereocenters. The molecule has 0 aliphatic carbocycles. The van der Waals surface area contributed by atoms with Gasteiger partial charge in [-0.1, -0.05) is 18.2 Å². The van der Waals surface area contributed by atoms with Crippen molar-refractivity contribution in [2.45, 2.75) is 26.1 Å². The van der Waals surface area contributed by atoms with E-state index in [-0.39, 0.29) is 5.82 Å². The van der Waals surface area contributed by atoms with E-state index in [2.05, 4.69) is 29.3 Å². The first-order valence-electron chi connectivity index (χ1n) is 7.55. The van der Waals surface area contributed by atoms with Gasteiger partial charge in [-0.25, -0.2) is 4.39 Å². The Morgan fingerprint density at radius 1 is 1.23 bits per heavy atom. The highest BCUT2D eigenvalue weighted by Gasteiger charge is 2.19. The Balaban J connectivity index is 1.92. The third-order valence-electron chi connectivity index (χ3n) is 4.06. The second kappa shape index (κ2) is 6.36. The van der Waals surface area contributed by atoms with Crippen molar-refractivity contribution in [1.82, 2.24) is 5.32 Å². The third kappa shape index (κ3) is 3.22. The SMILES string of the molecule is COc1ccc2c(c1)N(Cc1ccc(F)cc1)CC(C)NC2. The number of nitrogens with zero attached hydrogens (tertiary/aromatic N) is 1. The summed E-state index contributed by atoms with van der Waals surface area (Å²) in [7, 11) is 1.68. The molecule has 0 radical (unpaired) electrons. The largest absolute Gasteiger partial charge is 0.497 e. The van der Waals surface area contributed by atoms with Gasteiger partial charge in [0, 0.05) is 37.4 Å². The van der Waals surface area contributed by atoms with Crippen LogP contribution in [0, 0.1) is 5.82 Å². The molecule has 2 aromatic carbocycles. The van der Waals surface area contributed by atoms with E-state index in [0.29, 0.717) is 6.04 Å². The van der Waals surface area contributed by atoms with Crippen molar-refractivity contribution in [3.05, 3.63) is 59.4 Å². The first kappa shape index (κ1) is 14.9. The van der Waals surface area contributed by atoms with Crippen LogP contribution in [0.25, 0.3) is 0 Å². The molecule has 1 aliphatic heterocycles. The molecule has 4 heteroatoms. The molecule has 0 aromatic heterocycles. The van der Waals surface area contributed by atoms with Gasteiger partial charge in [0.2, 0.25) is 0 Å². The number of hydrogen-bond acceptors (Lipinski definition) is 3. The molecule has 1 aliphatic rings. The van der Waals surface area contributed by atoms with Crippen LogP contribution in [-0.4, -0.2) is 19.7 Å². The van der Waals surface area contributed by atoms with Crippen molar-refractivity contribution in [1.29, 1.82) is 0 Å². The van der Waals surface area contributed by atoms with Gasteiger partial charge < -0.3 is 15.0 Å². The standard InChI is InChI=1S/C18H21FN2O/c1-13-11-21(12-14-3-6-16(19)7-4-14)18-9-17(22-2)8-5-15(18)10-20-13/h3-9,13,20H,10-12H2,1-2H3. The molecule has 0 fully saturated rings. The predicted molar refractivity (Wildman–Crippen MR) is 86.7 cm³/mol. The molecule has 3 rings (SSSR count). The number of benzene rings is 2. The molecular weight excluding hydrogens is 279 g/mol. The van der Waals surface area contributed by atoms with Crippen molar-refractivity contribution in [3.8, 4) is 5.75 Å². The molecule has 0 bridgehead atoms. The zero-order valence-corrected chi connectivity index (χ0v) is 13.0. The fourth-order valence-corrected chi connectivity index (χ4v) is 2.85. The molecule has 1 heterocycles. The van der Waals surface area contributed by atoms with Gasteiger partial charge in [-0.05, 0) is 36.2 Å². The lowest BCUT2D eigenvalue weighted by Gasteiger charge is -2.27. The average molecular weight is 300 g/mol. The molecule has 0 saturated heterocycles. The maximum atomic E-state index is 13.1. The Labute approximate surface area is 130 Å². The normalized spacial score (nSPS) is 17.8. The summed E-state index contributed by atoms with van der Waals surface area (Å²) in [5.41, 5.74) is 3.54. The van der Waals surface area contributed by atoms with Gasteiger partial charge in [0.25, 0.3) is 0 Å². The molecule has 0 spiro atoms. The van der Waals surface area contributed by atoms with E-state index in [1.165, 1.54) is 23.4 Å². The summed E-state index contributed by atoms with van der Waals surface area (Å²) in [6, 6.07) is 13.3. The summed E-state index contributed by atoms with van der Waals surface area (Å²) in [6.07, 6.45) is 0. The van der Waals surface area contributed by atoms with E-state index < -0.39 is 0 Å². The predicted octanol–water partition coefficient (Wildman–Crippen LogP) is 3.33. The first-order chi connectivity index (χ1) is 10.7. The Kier molecular flexibility index (Phi) is 4.29. The number of fused-ring (bicyclic) bond motifs is 1. The van der Waals surface area contributed by atoms with Crippen LogP contribution < -0.4 is 15.0 Å². The second-order valence-electron chi connectivity index (χ2n) is 5.78. The number of rotatable bonds is 3. The lowest BCUT2D eigenvalue weighted by atomic mass is 10.1. The van der Waals surface area contributed by atoms with Crippen LogP contribution in [0.5, 0.6) is 5.75 Å². The Hall–Kier alpha value is -2.07. The summed E-state index contributed by atoms with van der Waals surface area (Å²) in [5, 5.41) is 3.52. The summed E-state index contributed by atoms with van der Waals surface area (Å²) in [6.45, 7) is 4.69. The number of halogens is 1. The van der Waals surface area contributed by atoms with E-state index in [4.69, 9.17) is 4.74 Å². The highest BCUT2D eigenvalue weighted by molar-refractivity contribution is 5.58. The fourth-order valence-electron chi connectivity index (χ4n) is 2.85. The number of nitrogens with one attached hydrogen (secondary N) is 1. The highest BCUT2D eigenvalue weighted by Crippen LogP contribution is 2.29. The third-order valence-corrected chi connectivity index (χ3v) is 4.06. The Morgan fingerprint density at radius 2 is 2.00 bits per heavy atom. The molecule has 22 heavy (non-hydrogen) atoms. The maximum absolute atomic E-state index is 13.1. The molecule has 1 atom stereocenters.